The lowest BCUT2D eigenvalue weighted by molar-refractivity contribution is 0.00578. The molecule has 2 fully saturated rings. The van der Waals surface area contributed by atoms with Crippen LogP contribution in [0.1, 0.15) is 85.2 Å². The molecule has 36 heavy (non-hydrogen) atoms. The normalized spacial score (nSPS) is 19.9. The van der Waals surface area contributed by atoms with Gasteiger partial charge >= 0.3 is 19.2 Å². The summed E-state index contributed by atoms with van der Waals surface area (Å²) in [5.41, 5.74) is 0.822. The number of esters is 1. The molecule has 0 aromatic heterocycles. The number of amides is 1. The van der Waals surface area contributed by atoms with Gasteiger partial charge in [-0.05, 0) is 99.3 Å². The summed E-state index contributed by atoms with van der Waals surface area (Å²) in [5.74, 6) is -0.382. The Hall–Kier alpha value is -2.26. The summed E-state index contributed by atoms with van der Waals surface area (Å²) < 4.78 is 23.9. The van der Waals surface area contributed by atoms with Gasteiger partial charge in [-0.1, -0.05) is 0 Å². The maximum atomic E-state index is 13.2. The number of benzene rings is 1. The Bertz CT molecular complexity index is 985. The Labute approximate surface area is 216 Å². The average Bonchev–Trinajstić information content (AvgIpc) is 2.92. The average molecular weight is 502 g/mol. The van der Waals surface area contributed by atoms with E-state index in [0.29, 0.717) is 31.7 Å². The van der Waals surface area contributed by atoms with Crippen LogP contribution in [0.3, 0.4) is 0 Å². The monoisotopic (exact) mass is 502 g/mol. The van der Waals surface area contributed by atoms with E-state index in [0.717, 1.165) is 16.7 Å². The highest BCUT2D eigenvalue weighted by Crippen LogP contribution is 2.37. The first-order valence-electron chi connectivity index (χ1n) is 12.8. The van der Waals surface area contributed by atoms with Gasteiger partial charge in [0, 0.05) is 31.9 Å². The number of ether oxygens (including phenoxy) is 2. The smallest absolute Gasteiger partial charge is 0.456 e. The minimum atomic E-state index is -0.622. The number of nitrogens with zero attached hydrogens (tertiary/aromatic N) is 2. The van der Waals surface area contributed by atoms with E-state index in [2.05, 4.69) is 4.90 Å². The molecule has 0 atom stereocenters. The van der Waals surface area contributed by atoms with E-state index < -0.39 is 29.5 Å². The van der Waals surface area contributed by atoms with Gasteiger partial charge in [0.25, 0.3) is 0 Å². The van der Waals surface area contributed by atoms with E-state index in [9.17, 15) is 9.59 Å². The quantitative estimate of drug-likeness (QED) is 0.450. The van der Waals surface area contributed by atoms with Crippen LogP contribution in [-0.4, -0.2) is 72.7 Å². The first-order chi connectivity index (χ1) is 16.3. The molecule has 0 bridgehead atoms. The summed E-state index contributed by atoms with van der Waals surface area (Å²) in [6.07, 6.45) is -0.306. The van der Waals surface area contributed by atoms with E-state index >= 15 is 0 Å². The maximum Gasteiger partial charge on any atom is 0.494 e. The second-order valence-electron chi connectivity index (χ2n) is 12.8. The van der Waals surface area contributed by atoms with Crippen molar-refractivity contribution in [3.8, 4) is 0 Å². The summed E-state index contributed by atoms with van der Waals surface area (Å²) in [5, 5.41) is 0. The molecule has 2 saturated heterocycles. The molecule has 2 heterocycles. The number of anilines is 1. The van der Waals surface area contributed by atoms with Crippen molar-refractivity contribution in [1.29, 1.82) is 0 Å². The lowest BCUT2D eigenvalue weighted by atomic mass is 9.77. The van der Waals surface area contributed by atoms with Crippen molar-refractivity contribution in [3.63, 3.8) is 0 Å². The van der Waals surface area contributed by atoms with E-state index in [1.807, 2.05) is 88.3 Å². The largest absolute Gasteiger partial charge is 0.494 e. The van der Waals surface area contributed by atoms with E-state index in [1.165, 1.54) is 0 Å². The molecule has 3 rings (SSSR count). The molecule has 0 spiro atoms. The molecule has 2 aliphatic heterocycles. The highest BCUT2D eigenvalue weighted by atomic mass is 16.7. The van der Waals surface area contributed by atoms with Crippen LogP contribution in [0.2, 0.25) is 0 Å². The summed E-state index contributed by atoms with van der Waals surface area (Å²) in [6.45, 7) is 23.4. The van der Waals surface area contributed by atoms with Gasteiger partial charge in [0.15, 0.2) is 0 Å². The molecule has 0 radical (unpaired) electrons. The van der Waals surface area contributed by atoms with Crippen molar-refractivity contribution in [3.05, 3.63) is 23.3 Å². The number of carbonyl (C=O) groups is 2. The fraction of sp³-hybridized carbons (Fsp3) is 0.704. The van der Waals surface area contributed by atoms with Gasteiger partial charge in [0.05, 0.1) is 16.8 Å². The van der Waals surface area contributed by atoms with Crippen molar-refractivity contribution >= 4 is 30.3 Å². The zero-order chi connectivity index (χ0) is 27.3. The molecule has 200 valence electrons. The second kappa shape index (κ2) is 9.56. The fourth-order valence-electron chi connectivity index (χ4n) is 4.17. The summed E-state index contributed by atoms with van der Waals surface area (Å²) in [6, 6.07) is 3.86. The van der Waals surface area contributed by atoms with Crippen LogP contribution in [-0.2, 0) is 18.8 Å². The van der Waals surface area contributed by atoms with Crippen LogP contribution in [0, 0.1) is 6.92 Å². The third-order valence-electron chi connectivity index (χ3n) is 6.82. The fourth-order valence-corrected chi connectivity index (χ4v) is 4.17. The number of carbonyl (C=O) groups excluding carboxylic acids is 2. The van der Waals surface area contributed by atoms with Crippen molar-refractivity contribution in [2.24, 2.45) is 0 Å². The third-order valence-corrected chi connectivity index (χ3v) is 6.82. The molecule has 8 nitrogen and oxygen atoms in total. The summed E-state index contributed by atoms with van der Waals surface area (Å²) in [4.78, 5) is 29.7. The lowest BCUT2D eigenvalue weighted by Crippen LogP contribution is -2.50. The van der Waals surface area contributed by atoms with Gasteiger partial charge in [-0.2, -0.15) is 0 Å². The summed E-state index contributed by atoms with van der Waals surface area (Å²) >= 11 is 0. The Kier molecular flexibility index (Phi) is 7.52. The van der Waals surface area contributed by atoms with E-state index in [4.69, 9.17) is 18.8 Å². The molecule has 1 aromatic rings. The Morgan fingerprint density at radius 3 is 1.83 bits per heavy atom. The number of hydrogen-bond donors (Lipinski definition) is 0. The molecule has 9 heteroatoms. The van der Waals surface area contributed by atoms with Gasteiger partial charge in [-0.15, -0.1) is 0 Å². The molecule has 1 aromatic carbocycles. The number of rotatable bonds is 3. The van der Waals surface area contributed by atoms with Crippen LogP contribution < -0.4 is 10.4 Å². The van der Waals surface area contributed by atoms with Crippen LogP contribution in [0.4, 0.5) is 10.5 Å². The van der Waals surface area contributed by atoms with Crippen LogP contribution >= 0.6 is 0 Å². The van der Waals surface area contributed by atoms with Gasteiger partial charge in [0.2, 0.25) is 0 Å². The molecule has 2 aliphatic rings. The minimum absolute atomic E-state index is 0.306. The molecule has 1 amide bonds. The first kappa shape index (κ1) is 28.3. The predicted octanol–water partition coefficient (Wildman–Crippen LogP) is 4.31. The molecular formula is C27H43BN2O6. The molecular weight excluding hydrogens is 459 g/mol. The summed E-state index contributed by atoms with van der Waals surface area (Å²) in [7, 11) is -0.612. The minimum Gasteiger partial charge on any atom is -0.456 e. The molecule has 0 saturated carbocycles. The predicted molar refractivity (Wildman–Crippen MR) is 142 cm³/mol. The van der Waals surface area contributed by atoms with Gasteiger partial charge in [-0.3, -0.25) is 0 Å². The number of piperazine rings is 1. The van der Waals surface area contributed by atoms with Crippen LogP contribution in [0.15, 0.2) is 12.1 Å². The van der Waals surface area contributed by atoms with Gasteiger partial charge in [0.1, 0.15) is 11.2 Å². The third kappa shape index (κ3) is 6.35. The topological polar surface area (TPSA) is 77.5 Å². The second-order valence-corrected chi connectivity index (χ2v) is 12.8. The molecule has 0 unspecified atom stereocenters. The van der Waals surface area contributed by atoms with Crippen molar-refractivity contribution in [2.45, 2.75) is 98.6 Å². The Morgan fingerprint density at radius 2 is 1.36 bits per heavy atom. The maximum absolute atomic E-state index is 13.2. The molecule has 0 aliphatic carbocycles. The SMILES string of the molecule is Cc1c(C(=O)OC(C)(C)C)cc(B2OC(C)(C)C(C)(C)O2)cc1N1CCN(C(=O)OC(C)(C)C)CC1. The Balaban J connectivity index is 1.92. The van der Waals surface area contributed by atoms with Crippen molar-refractivity contribution in [2.75, 3.05) is 31.1 Å². The standard InChI is InChI=1S/C27H43BN2O6/c1-18-20(22(31)33-24(2,3)4)16-19(28-35-26(8,9)27(10,11)36-28)17-21(18)29-12-14-30(15-13-29)23(32)34-25(5,6)7/h16-17H,12-15H2,1-11H3. The van der Waals surface area contributed by atoms with Crippen LogP contribution in [0.25, 0.3) is 0 Å². The van der Waals surface area contributed by atoms with Gasteiger partial charge < -0.3 is 28.6 Å². The molecule has 0 N–H and O–H groups in total. The zero-order valence-corrected chi connectivity index (χ0v) is 23.9. The van der Waals surface area contributed by atoms with E-state index in [-0.39, 0.29) is 12.1 Å². The van der Waals surface area contributed by atoms with E-state index in [1.54, 1.807) is 4.90 Å². The van der Waals surface area contributed by atoms with Crippen molar-refractivity contribution in [1.82, 2.24) is 4.90 Å². The highest BCUT2D eigenvalue weighted by molar-refractivity contribution is 6.62. The lowest BCUT2D eigenvalue weighted by Gasteiger charge is -2.37. The zero-order valence-electron chi connectivity index (χ0n) is 23.9. The highest BCUT2D eigenvalue weighted by Gasteiger charge is 2.52. The number of hydrogen-bond acceptors (Lipinski definition) is 7. The van der Waals surface area contributed by atoms with Gasteiger partial charge in [-0.25, -0.2) is 9.59 Å². The first-order valence-corrected chi connectivity index (χ1v) is 12.8. The Morgan fingerprint density at radius 1 is 0.861 bits per heavy atom. The van der Waals surface area contributed by atoms with Crippen LogP contribution in [0.5, 0.6) is 0 Å². The van der Waals surface area contributed by atoms with Crippen molar-refractivity contribution < 1.29 is 28.4 Å².